The molecule has 1 aliphatic carbocycles. The topological polar surface area (TPSA) is 58.6 Å². The lowest BCUT2D eigenvalue weighted by molar-refractivity contribution is -0.0920. The number of halogens is 2. The number of benzene rings is 1. The average Bonchev–Trinajstić information content (AvgIpc) is 3.20. The molecule has 1 atom stereocenters. The standard InChI is InChI=1S/C25H25F2NO3S/c1-4-19(31-25(26)27)12-15(3)21(5-2)28-23-22(24(29)30)20(14-32-23)18-11-10-16-8-6-7-9-17(16)13-18/h4-9,12,14,18,25,28H,1,3,10-11,13H2,2H3,(H,29,30)/b19-12+,21-5-. The summed E-state index contributed by atoms with van der Waals surface area (Å²) in [6, 6.07) is 8.25. The molecule has 2 N–H and O–H groups in total. The molecule has 0 saturated carbocycles. The van der Waals surface area contributed by atoms with Crippen LogP contribution in [-0.4, -0.2) is 17.7 Å². The van der Waals surface area contributed by atoms with Gasteiger partial charge in [-0.05, 0) is 71.9 Å². The van der Waals surface area contributed by atoms with E-state index in [-0.39, 0.29) is 17.2 Å². The number of aromatic carboxylic acids is 1. The Hall–Kier alpha value is -3.19. The van der Waals surface area contributed by atoms with Crippen LogP contribution in [0, 0.1) is 0 Å². The Morgan fingerprint density at radius 3 is 2.69 bits per heavy atom. The number of carbonyl (C=O) groups is 1. The summed E-state index contributed by atoms with van der Waals surface area (Å²) < 4.78 is 29.5. The van der Waals surface area contributed by atoms with Crippen molar-refractivity contribution in [2.24, 2.45) is 0 Å². The van der Waals surface area contributed by atoms with Crippen LogP contribution in [0.1, 0.15) is 46.3 Å². The van der Waals surface area contributed by atoms with Crippen LogP contribution in [0.2, 0.25) is 0 Å². The number of anilines is 1. The van der Waals surface area contributed by atoms with Gasteiger partial charge in [0.15, 0.2) is 0 Å². The van der Waals surface area contributed by atoms with Gasteiger partial charge in [-0.1, -0.05) is 43.5 Å². The third-order valence-corrected chi connectivity index (χ3v) is 6.36. The Bertz CT molecular complexity index is 1080. The minimum Gasteiger partial charge on any atom is -0.478 e. The first-order valence-corrected chi connectivity index (χ1v) is 11.0. The predicted octanol–water partition coefficient (Wildman–Crippen LogP) is 6.90. The maximum atomic E-state index is 12.5. The number of hydrogen-bond donors (Lipinski definition) is 2. The van der Waals surface area contributed by atoms with Crippen LogP contribution >= 0.6 is 11.3 Å². The molecule has 1 unspecified atom stereocenters. The highest BCUT2D eigenvalue weighted by Gasteiger charge is 2.28. The number of nitrogens with one attached hydrogen (secondary N) is 1. The van der Waals surface area contributed by atoms with Gasteiger partial charge in [0.25, 0.3) is 0 Å². The Kier molecular flexibility index (Phi) is 7.64. The smallest absolute Gasteiger partial charge is 0.387 e. The summed E-state index contributed by atoms with van der Waals surface area (Å²) in [6.45, 7) is 6.12. The van der Waals surface area contributed by atoms with E-state index in [1.165, 1.54) is 28.5 Å². The number of carboxylic acids is 1. The third kappa shape index (κ3) is 5.34. The number of carboxylic acid groups (broad SMARTS) is 1. The maximum absolute atomic E-state index is 12.5. The van der Waals surface area contributed by atoms with Crippen molar-refractivity contribution in [2.45, 2.75) is 38.7 Å². The predicted molar refractivity (Wildman–Crippen MR) is 124 cm³/mol. The Morgan fingerprint density at radius 2 is 2.06 bits per heavy atom. The van der Waals surface area contributed by atoms with Crippen molar-refractivity contribution < 1.29 is 23.4 Å². The first-order valence-electron chi connectivity index (χ1n) is 10.2. The van der Waals surface area contributed by atoms with E-state index in [1.54, 1.807) is 13.0 Å². The molecule has 168 valence electrons. The van der Waals surface area contributed by atoms with E-state index in [0.29, 0.717) is 16.3 Å². The van der Waals surface area contributed by atoms with Crippen molar-refractivity contribution in [3.05, 3.63) is 100 Å². The third-order valence-electron chi connectivity index (χ3n) is 5.45. The molecule has 0 bridgehead atoms. The summed E-state index contributed by atoms with van der Waals surface area (Å²) in [6.07, 6.45) is 6.78. The van der Waals surface area contributed by atoms with Crippen LogP contribution in [0.5, 0.6) is 0 Å². The summed E-state index contributed by atoms with van der Waals surface area (Å²) in [4.78, 5) is 12.2. The number of thiophene rings is 1. The second-order valence-corrected chi connectivity index (χ2v) is 8.27. The molecule has 1 aromatic heterocycles. The van der Waals surface area contributed by atoms with Crippen molar-refractivity contribution >= 4 is 22.3 Å². The molecule has 1 aliphatic rings. The average molecular weight is 458 g/mol. The minimum atomic E-state index is -2.98. The number of allylic oxidation sites excluding steroid dienone is 3. The zero-order valence-electron chi connectivity index (χ0n) is 17.7. The van der Waals surface area contributed by atoms with E-state index < -0.39 is 12.6 Å². The maximum Gasteiger partial charge on any atom is 0.387 e. The molecule has 1 aromatic carbocycles. The molecular formula is C25H25F2NO3S. The van der Waals surface area contributed by atoms with Crippen molar-refractivity contribution in [3.8, 4) is 0 Å². The first kappa shape index (κ1) is 23.5. The SMILES string of the molecule is C=C/C(=C\C(=C)/C(=C/C)Nc1scc(C2CCc3ccccc3C2)c1C(=O)O)OC(F)F. The minimum absolute atomic E-state index is 0.117. The van der Waals surface area contributed by atoms with Gasteiger partial charge in [0, 0.05) is 5.70 Å². The molecule has 3 rings (SSSR count). The van der Waals surface area contributed by atoms with Gasteiger partial charge in [0.05, 0.1) is 5.56 Å². The van der Waals surface area contributed by atoms with Gasteiger partial charge < -0.3 is 15.2 Å². The monoisotopic (exact) mass is 457 g/mol. The number of hydrogen-bond acceptors (Lipinski definition) is 4. The van der Waals surface area contributed by atoms with Crippen LogP contribution in [0.15, 0.2) is 78.1 Å². The second-order valence-electron chi connectivity index (χ2n) is 7.39. The largest absolute Gasteiger partial charge is 0.478 e. The number of fused-ring (bicyclic) bond motifs is 1. The highest BCUT2D eigenvalue weighted by Crippen LogP contribution is 2.40. The molecule has 0 amide bonds. The Morgan fingerprint density at radius 1 is 1.34 bits per heavy atom. The van der Waals surface area contributed by atoms with Crippen LogP contribution in [0.4, 0.5) is 13.8 Å². The zero-order valence-corrected chi connectivity index (χ0v) is 18.6. The summed E-state index contributed by atoms with van der Waals surface area (Å²) >= 11 is 1.31. The summed E-state index contributed by atoms with van der Waals surface area (Å²) in [5.41, 5.74) is 4.47. The fourth-order valence-corrected chi connectivity index (χ4v) is 4.95. The van der Waals surface area contributed by atoms with E-state index in [2.05, 4.69) is 35.3 Å². The molecular weight excluding hydrogens is 432 g/mol. The van der Waals surface area contributed by atoms with Crippen molar-refractivity contribution in [1.82, 2.24) is 0 Å². The molecule has 0 spiro atoms. The van der Waals surface area contributed by atoms with Gasteiger partial charge in [0.2, 0.25) is 0 Å². The van der Waals surface area contributed by atoms with Crippen molar-refractivity contribution in [3.63, 3.8) is 0 Å². The van der Waals surface area contributed by atoms with E-state index >= 15 is 0 Å². The van der Waals surface area contributed by atoms with Crippen LogP contribution in [-0.2, 0) is 17.6 Å². The van der Waals surface area contributed by atoms with Crippen LogP contribution in [0.3, 0.4) is 0 Å². The molecule has 0 aliphatic heterocycles. The van der Waals surface area contributed by atoms with Crippen molar-refractivity contribution in [2.75, 3.05) is 5.32 Å². The molecule has 0 fully saturated rings. The van der Waals surface area contributed by atoms with Gasteiger partial charge in [-0.25, -0.2) is 4.79 Å². The van der Waals surface area contributed by atoms with Gasteiger partial charge in [-0.15, -0.1) is 11.3 Å². The van der Waals surface area contributed by atoms with E-state index in [9.17, 15) is 18.7 Å². The zero-order chi connectivity index (χ0) is 23.3. The summed E-state index contributed by atoms with van der Waals surface area (Å²) in [5.74, 6) is -1.02. The quantitative estimate of drug-likeness (QED) is 0.318. The van der Waals surface area contributed by atoms with E-state index in [1.807, 2.05) is 17.5 Å². The number of aryl methyl sites for hydroxylation is 1. The lowest BCUT2D eigenvalue weighted by Crippen LogP contribution is -2.15. The number of ether oxygens (including phenoxy) is 1. The number of rotatable bonds is 9. The van der Waals surface area contributed by atoms with E-state index in [4.69, 9.17) is 0 Å². The van der Waals surface area contributed by atoms with Crippen molar-refractivity contribution in [1.29, 1.82) is 0 Å². The second kappa shape index (κ2) is 10.4. The van der Waals surface area contributed by atoms with Gasteiger partial charge >= 0.3 is 12.6 Å². The first-order chi connectivity index (χ1) is 15.3. The molecule has 4 nitrogen and oxygen atoms in total. The fourth-order valence-electron chi connectivity index (χ4n) is 3.90. The molecule has 0 radical (unpaired) electrons. The number of alkyl halides is 2. The molecule has 32 heavy (non-hydrogen) atoms. The van der Waals surface area contributed by atoms with Crippen LogP contribution in [0.25, 0.3) is 0 Å². The Labute approximate surface area is 190 Å². The van der Waals surface area contributed by atoms with Gasteiger partial charge in [-0.2, -0.15) is 8.78 Å². The van der Waals surface area contributed by atoms with Gasteiger partial charge in [-0.3, -0.25) is 0 Å². The molecule has 7 heteroatoms. The highest BCUT2D eigenvalue weighted by atomic mass is 32.1. The molecule has 1 heterocycles. The van der Waals surface area contributed by atoms with Crippen LogP contribution < -0.4 is 5.32 Å². The highest BCUT2D eigenvalue weighted by molar-refractivity contribution is 7.14. The van der Waals surface area contributed by atoms with Gasteiger partial charge in [0.1, 0.15) is 10.8 Å². The lowest BCUT2D eigenvalue weighted by Gasteiger charge is -2.24. The summed E-state index contributed by atoms with van der Waals surface area (Å²) in [7, 11) is 0. The Balaban J connectivity index is 1.85. The normalized spacial score (nSPS) is 16.4. The molecule has 2 aromatic rings. The molecule has 0 saturated heterocycles. The van der Waals surface area contributed by atoms with E-state index in [0.717, 1.165) is 30.9 Å². The fraction of sp³-hybridized carbons (Fsp3) is 0.240. The summed E-state index contributed by atoms with van der Waals surface area (Å²) in [5, 5.41) is 15.5. The lowest BCUT2D eigenvalue weighted by atomic mass is 9.80.